The van der Waals surface area contributed by atoms with Crippen LogP contribution < -0.4 is 5.73 Å². The molecule has 0 saturated heterocycles. The quantitative estimate of drug-likeness (QED) is 0.720. The summed E-state index contributed by atoms with van der Waals surface area (Å²) in [5, 5.41) is 3.21. The first-order chi connectivity index (χ1) is 9.28. The lowest BCUT2D eigenvalue weighted by Crippen LogP contribution is -1.96. The molecule has 0 aliphatic rings. The highest BCUT2D eigenvalue weighted by Crippen LogP contribution is 2.28. The molecule has 0 aromatic heterocycles. The van der Waals surface area contributed by atoms with Gasteiger partial charge in [-0.3, -0.25) is 0 Å². The second-order valence-corrected chi connectivity index (χ2v) is 4.98. The van der Waals surface area contributed by atoms with Gasteiger partial charge in [0.2, 0.25) is 0 Å². The minimum Gasteiger partial charge on any atom is -0.326 e. The Morgan fingerprint density at radius 1 is 0.789 bits per heavy atom. The Labute approximate surface area is 117 Å². The zero-order valence-corrected chi connectivity index (χ0v) is 11.2. The molecule has 0 atom stereocenters. The Balaban J connectivity index is 2.11. The molecule has 0 saturated carbocycles. The number of hydrogen-bond donors (Lipinski definition) is 1. The van der Waals surface area contributed by atoms with E-state index in [0.29, 0.717) is 6.54 Å². The van der Waals surface area contributed by atoms with Gasteiger partial charge >= 0.3 is 0 Å². The monoisotopic (exact) mass is 267 g/mol. The van der Waals surface area contributed by atoms with Crippen molar-refractivity contribution >= 4 is 22.4 Å². The Morgan fingerprint density at radius 2 is 1.47 bits per heavy atom. The normalized spacial score (nSPS) is 10.8. The van der Waals surface area contributed by atoms with Gasteiger partial charge in [-0.25, -0.2) is 0 Å². The van der Waals surface area contributed by atoms with Crippen LogP contribution in [0, 0.1) is 0 Å². The van der Waals surface area contributed by atoms with Crippen molar-refractivity contribution in [3.63, 3.8) is 0 Å². The van der Waals surface area contributed by atoms with Crippen LogP contribution >= 0.6 is 11.6 Å². The van der Waals surface area contributed by atoms with Gasteiger partial charge in [-0.05, 0) is 39.6 Å². The Morgan fingerprint density at radius 3 is 2.21 bits per heavy atom. The minimum absolute atomic E-state index is 0.469. The van der Waals surface area contributed by atoms with Gasteiger partial charge in [0.15, 0.2) is 0 Å². The highest BCUT2D eigenvalue weighted by molar-refractivity contribution is 6.31. The fourth-order valence-electron chi connectivity index (χ4n) is 2.26. The van der Waals surface area contributed by atoms with E-state index < -0.39 is 0 Å². The second kappa shape index (κ2) is 5.04. The third kappa shape index (κ3) is 2.35. The molecule has 0 fully saturated rings. The summed E-state index contributed by atoms with van der Waals surface area (Å²) >= 11 is 6.22. The fraction of sp³-hybridized carbons (Fsp3) is 0.0588. The molecule has 0 unspecified atom stereocenters. The summed E-state index contributed by atoms with van der Waals surface area (Å²) in [7, 11) is 0. The smallest absolute Gasteiger partial charge is 0.0457 e. The van der Waals surface area contributed by atoms with Gasteiger partial charge in [-0.2, -0.15) is 0 Å². The number of benzene rings is 3. The third-order valence-electron chi connectivity index (χ3n) is 3.36. The van der Waals surface area contributed by atoms with Crippen molar-refractivity contribution in [1.82, 2.24) is 0 Å². The van der Waals surface area contributed by atoms with E-state index in [9.17, 15) is 0 Å². The van der Waals surface area contributed by atoms with Crippen molar-refractivity contribution in [2.45, 2.75) is 6.54 Å². The Hall–Kier alpha value is -1.83. The number of fused-ring (bicyclic) bond motifs is 1. The SMILES string of the molecule is NCc1ccc(-c2ccc3ccccc3c2)cc1Cl. The van der Waals surface area contributed by atoms with Crippen LogP contribution in [0.4, 0.5) is 0 Å². The van der Waals surface area contributed by atoms with Crippen LogP contribution in [0.1, 0.15) is 5.56 Å². The third-order valence-corrected chi connectivity index (χ3v) is 3.71. The van der Waals surface area contributed by atoms with E-state index in [1.807, 2.05) is 12.1 Å². The van der Waals surface area contributed by atoms with Crippen LogP contribution in [-0.2, 0) is 6.54 Å². The molecule has 3 aromatic rings. The van der Waals surface area contributed by atoms with E-state index in [-0.39, 0.29) is 0 Å². The Kier molecular flexibility index (Phi) is 3.24. The fourth-order valence-corrected chi connectivity index (χ4v) is 2.52. The molecule has 94 valence electrons. The van der Waals surface area contributed by atoms with Gasteiger partial charge in [-0.1, -0.05) is 60.1 Å². The molecule has 0 radical (unpaired) electrons. The van der Waals surface area contributed by atoms with Crippen LogP contribution in [0.5, 0.6) is 0 Å². The molecule has 3 rings (SSSR count). The van der Waals surface area contributed by atoms with Crippen molar-refractivity contribution in [3.8, 4) is 11.1 Å². The van der Waals surface area contributed by atoms with E-state index in [1.165, 1.54) is 16.3 Å². The molecule has 0 aliphatic carbocycles. The zero-order valence-electron chi connectivity index (χ0n) is 10.4. The van der Waals surface area contributed by atoms with Crippen molar-refractivity contribution in [3.05, 3.63) is 71.2 Å². The average Bonchev–Trinajstić information content (AvgIpc) is 2.46. The first-order valence-electron chi connectivity index (χ1n) is 6.25. The maximum atomic E-state index is 6.22. The minimum atomic E-state index is 0.469. The van der Waals surface area contributed by atoms with Crippen LogP contribution in [-0.4, -0.2) is 0 Å². The summed E-state index contributed by atoms with van der Waals surface area (Å²) in [4.78, 5) is 0. The van der Waals surface area contributed by atoms with Crippen molar-refractivity contribution in [2.75, 3.05) is 0 Å². The molecular weight excluding hydrogens is 254 g/mol. The van der Waals surface area contributed by atoms with Crippen molar-refractivity contribution in [2.24, 2.45) is 5.73 Å². The maximum Gasteiger partial charge on any atom is 0.0457 e. The van der Waals surface area contributed by atoms with Gasteiger partial charge < -0.3 is 5.73 Å². The molecule has 2 heteroatoms. The lowest BCUT2D eigenvalue weighted by molar-refractivity contribution is 1.07. The summed E-state index contributed by atoms with van der Waals surface area (Å²) in [6, 6.07) is 20.8. The van der Waals surface area contributed by atoms with Crippen LogP contribution in [0.3, 0.4) is 0 Å². The molecule has 0 aliphatic heterocycles. The van der Waals surface area contributed by atoms with E-state index in [1.54, 1.807) is 0 Å². The Bertz CT molecular complexity index is 734. The second-order valence-electron chi connectivity index (χ2n) is 4.57. The van der Waals surface area contributed by atoms with Crippen LogP contribution in [0.15, 0.2) is 60.7 Å². The first kappa shape index (κ1) is 12.2. The highest BCUT2D eigenvalue weighted by Gasteiger charge is 2.03. The molecule has 19 heavy (non-hydrogen) atoms. The summed E-state index contributed by atoms with van der Waals surface area (Å²) in [6.45, 7) is 0.469. The van der Waals surface area contributed by atoms with Crippen LogP contribution in [0.2, 0.25) is 5.02 Å². The molecule has 0 amide bonds. The largest absolute Gasteiger partial charge is 0.326 e. The summed E-state index contributed by atoms with van der Waals surface area (Å²) < 4.78 is 0. The topological polar surface area (TPSA) is 26.0 Å². The van der Waals surface area contributed by atoms with Crippen LogP contribution in [0.25, 0.3) is 21.9 Å². The van der Waals surface area contributed by atoms with Gasteiger partial charge in [0.05, 0.1) is 0 Å². The summed E-state index contributed by atoms with van der Waals surface area (Å²) in [6.07, 6.45) is 0. The van der Waals surface area contributed by atoms with Crippen molar-refractivity contribution in [1.29, 1.82) is 0 Å². The molecule has 0 heterocycles. The molecule has 3 aromatic carbocycles. The first-order valence-corrected chi connectivity index (χ1v) is 6.63. The highest BCUT2D eigenvalue weighted by atomic mass is 35.5. The van der Waals surface area contributed by atoms with E-state index >= 15 is 0 Å². The molecular formula is C17H14ClN. The molecule has 1 nitrogen and oxygen atoms in total. The molecule has 0 spiro atoms. The van der Waals surface area contributed by atoms with E-state index in [0.717, 1.165) is 16.1 Å². The predicted molar refractivity (Wildman–Crippen MR) is 82.3 cm³/mol. The summed E-state index contributed by atoms with van der Waals surface area (Å²) in [5.41, 5.74) is 8.90. The number of rotatable bonds is 2. The average molecular weight is 268 g/mol. The predicted octanol–water partition coefficient (Wildman–Crippen LogP) is 4.62. The van der Waals surface area contributed by atoms with E-state index in [4.69, 9.17) is 17.3 Å². The summed E-state index contributed by atoms with van der Waals surface area (Å²) in [5.74, 6) is 0. The van der Waals surface area contributed by atoms with Gasteiger partial charge in [0.25, 0.3) is 0 Å². The lowest BCUT2D eigenvalue weighted by Gasteiger charge is -2.07. The molecule has 2 N–H and O–H groups in total. The number of hydrogen-bond acceptors (Lipinski definition) is 1. The van der Waals surface area contributed by atoms with Crippen molar-refractivity contribution < 1.29 is 0 Å². The zero-order chi connectivity index (χ0) is 13.2. The van der Waals surface area contributed by atoms with Gasteiger partial charge in [-0.15, -0.1) is 0 Å². The van der Waals surface area contributed by atoms with E-state index in [2.05, 4.69) is 48.5 Å². The number of halogens is 1. The van der Waals surface area contributed by atoms with Gasteiger partial charge in [0, 0.05) is 11.6 Å². The number of nitrogens with two attached hydrogens (primary N) is 1. The maximum absolute atomic E-state index is 6.22. The lowest BCUT2D eigenvalue weighted by atomic mass is 10.0. The standard InChI is InChI=1S/C17H14ClN/c18-17-10-15(7-8-16(17)11-19)14-6-5-12-3-1-2-4-13(12)9-14/h1-10H,11,19H2. The molecule has 0 bridgehead atoms. The van der Waals surface area contributed by atoms with Gasteiger partial charge in [0.1, 0.15) is 0 Å².